The molecule has 0 aliphatic carbocycles. The van der Waals surface area contributed by atoms with Crippen molar-refractivity contribution in [2.24, 2.45) is 0 Å². The SMILES string of the molecule is COc1ccc(C(NC(=O)c2ccc(S(=O)(=O)C(C)C)cc2)c2ccccc2)cc1. The van der Waals surface area contributed by atoms with E-state index in [1.807, 2.05) is 54.6 Å². The van der Waals surface area contributed by atoms with Crippen LogP contribution in [0.15, 0.2) is 83.8 Å². The maximum Gasteiger partial charge on any atom is 0.252 e. The van der Waals surface area contributed by atoms with Gasteiger partial charge in [-0.25, -0.2) is 8.42 Å². The third-order valence-electron chi connectivity index (χ3n) is 4.92. The van der Waals surface area contributed by atoms with Crippen LogP contribution in [0.4, 0.5) is 0 Å². The van der Waals surface area contributed by atoms with Crippen molar-refractivity contribution in [1.29, 1.82) is 0 Å². The monoisotopic (exact) mass is 423 g/mol. The maximum atomic E-state index is 12.9. The Balaban J connectivity index is 1.88. The van der Waals surface area contributed by atoms with Gasteiger partial charge >= 0.3 is 0 Å². The van der Waals surface area contributed by atoms with Gasteiger partial charge in [0.1, 0.15) is 5.75 Å². The van der Waals surface area contributed by atoms with Crippen molar-refractivity contribution in [3.8, 4) is 5.75 Å². The van der Waals surface area contributed by atoms with Crippen LogP contribution in [0.1, 0.15) is 41.4 Å². The minimum atomic E-state index is -3.38. The zero-order chi connectivity index (χ0) is 21.7. The fourth-order valence-corrected chi connectivity index (χ4v) is 4.14. The lowest BCUT2D eigenvalue weighted by molar-refractivity contribution is 0.0943. The van der Waals surface area contributed by atoms with Crippen LogP contribution in [0.3, 0.4) is 0 Å². The highest BCUT2D eigenvalue weighted by Crippen LogP contribution is 2.25. The van der Waals surface area contributed by atoms with E-state index in [2.05, 4.69) is 5.32 Å². The summed E-state index contributed by atoms with van der Waals surface area (Å²) in [5.41, 5.74) is 2.25. The van der Waals surface area contributed by atoms with Gasteiger partial charge in [0.2, 0.25) is 0 Å². The molecule has 1 amide bonds. The second-order valence-electron chi connectivity index (χ2n) is 7.21. The van der Waals surface area contributed by atoms with Gasteiger partial charge in [0.05, 0.1) is 23.3 Å². The molecule has 1 N–H and O–H groups in total. The van der Waals surface area contributed by atoms with Crippen molar-refractivity contribution >= 4 is 15.7 Å². The molecule has 5 nitrogen and oxygen atoms in total. The van der Waals surface area contributed by atoms with Gasteiger partial charge in [-0.2, -0.15) is 0 Å². The molecule has 0 saturated carbocycles. The van der Waals surface area contributed by atoms with Crippen LogP contribution < -0.4 is 10.1 Å². The summed E-state index contributed by atoms with van der Waals surface area (Å²) >= 11 is 0. The molecule has 0 aromatic heterocycles. The number of carbonyl (C=O) groups is 1. The van der Waals surface area contributed by atoms with Gasteiger partial charge < -0.3 is 10.1 Å². The Labute approximate surface area is 177 Å². The summed E-state index contributed by atoms with van der Waals surface area (Å²) < 4.78 is 29.8. The summed E-state index contributed by atoms with van der Waals surface area (Å²) in [6, 6.07) is 22.9. The molecule has 156 valence electrons. The van der Waals surface area contributed by atoms with E-state index in [0.29, 0.717) is 5.56 Å². The van der Waals surface area contributed by atoms with E-state index >= 15 is 0 Å². The third-order valence-corrected chi connectivity index (χ3v) is 7.09. The molecule has 3 rings (SSSR count). The van der Waals surface area contributed by atoms with E-state index < -0.39 is 15.1 Å². The zero-order valence-corrected chi connectivity index (χ0v) is 18.0. The van der Waals surface area contributed by atoms with Crippen LogP contribution in [0.2, 0.25) is 0 Å². The van der Waals surface area contributed by atoms with Crippen molar-refractivity contribution in [2.45, 2.75) is 30.0 Å². The van der Waals surface area contributed by atoms with Gasteiger partial charge in [-0.05, 0) is 61.4 Å². The van der Waals surface area contributed by atoms with Gasteiger partial charge in [-0.1, -0.05) is 42.5 Å². The fourth-order valence-electron chi connectivity index (χ4n) is 3.08. The van der Waals surface area contributed by atoms with E-state index in [4.69, 9.17) is 4.74 Å². The normalized spacial score (nSPS) is 12.4. The number of ether oxygens (including phenoxy) is 1. The van der Waals surface area contributed by atoms with Crippen LogP contribution >= 0.6 is 0 Å². The summed E-state index contributed by atoms with van der Waals surface area (Å²) in [6.45, 7) is 3.27. The van der Waals surface area contributed by atoms with Crippen LogP contribution in [-0.2, 0) is 9.84 Å². The molecule has 0 heterocycles. The quantitative estimate of drug-likeness (QED) is 0.611. The first-order chi connectivity index (χ1) is 14.3. The smallest absolute Gasteiger partial charge is 0.252 e. The number of nitrogens with one attached hydrogen (secondary N) is 1. The summed E-state index contributed by atoms with van der Waals surface area (Å²) in [5, 5.41) is 2.54. The van der Waals surface area contributed by atoms with E-state index in [-0.39, 0.29) is 16.8 Å². The van der Waals surface area contributed by atoms with Crippen LogP contribution in [0.5, 0.6) is 5.75 Å². The summed E-state index contributed by atoms with van der Waals surface area (Å²) in [4.78, 5) is 13.1. The summed E-state index contributed by atoms with van der Waals surface area (Å²) in [7, 11) is -1.77. The predicted octanol–water partition coefficient (Wildman–Crippen LogP) is 4.40. The number of hydrogen-bond donors (Lipinski definition) is 1. The van der Waals surface area contributed by atoms with E-state index in [0.717, 1.165) is 16.9 Å². The Bertz CT molecular complexity index is 1090. The minimum absolute atomic E-state index is 0.212. The number of rotatable bonds is 7. The molecular formula is C24H25NO4S. The fraction of sp³-hybridized carbons (Fsp3) is 0.208. The first-order valence-corrected chi connectivity index (χ1v) is 11.2. The van der Waals surface area contributed by atoms with Gasteiger partial charge in [0.25, 0.3) is 5.91 Å². The first kappa shape index (κ1) is 21.6. The molecule has 0 saturated heterocycles. The van der Waals surface area contributed by atoms with Crippen molar-refractivity contribution in [1.82, 2.24) is 5.32 Å². The average molecular weight is 424 g/mol. The Morgan fingerprint density at radius 3 is 1.93 bits per heavy atom. The highest BCUT2D eigenvalue weighted by Gasteiger charge is 2.21. The van der Waals surface area contributed by atoms with E-state index in [1.54, 1.807) is 33.1 Å². The predicted molar refractivity (Wildman–Crippen MR) is 118 cm³/mol. The molecule has 0 aliphatic heterocycles. The first-order valence-electron chi connectivity index (χ1n) is 9.66. The topological polar surface area (TPSA) is 72.5 Å². The van der Waals surface area contributed by atoms with E-state index in [1.165, 1.54) is 12.1 Å². The van der Waals surface area contributed by atoms with E-state index in [9.17, 15) is 13.2 Å². The van der Waals surface area contributed by atoms with Crippen molar-refractivity contribution in [2.75, 3.05) is 7.11 Å². The Morgan fingerprint density at radius 2 is 1.40 bits per heavy atom. The molecule has 0 aliphatic rings. The number of hydrogen-bond acceptors (Lipinski definition) is 4. The van der Waals surface area contributed by atoms with Gasteiger partial charge in [-0.3, -0.25) is 4.79 Å². The lowest BCUT2D eigenvalue weighted by Crippen LogP contribution is -2.29. The summed E-state index contributed by atoms with van der Waals surface area (Å²) in [5.74, 6) is 0.451. The average Bonchev–Trinajstić information content (AvgIpc) is 2.78. The molecule has 0 spiro atoms. The van der Waals surface area contributed by atoms with Crippen molar-refractivity contribution in [3.05, 3.63) is 95.6 Å². The number of benzene rings is 3. The number of amides is 1. The molecule has 0 bridgehead atoms. The molecule has 6 heteroatoms. The molecule has 1 unspecified atom stereocenters. The minimum Gasteiger partial charge on any atom is -0.497 e. The molecule has 1 atom stereocenters. The number of carbonyl (C=O) groups excluding carboxylic acids is 1. The number of sulfone groups is 1. The molecule has 0 fully saturated rings. The molecule has 3 aromatic rings. The highest BCUT2D eigenvalue weighted by molar-refractivity contribution is 7.92. The molecule has 0 radical (unpaired) electrons. The maximum absolute atomic E-state index is 12.9. The van der Waals surface area contributed by atoms with Crippen LogP contribution in [-0.4, -0.2) is 26.7 Å². The lowest BCUT2D eigenvalue weighted by atomic mass is 9.98. The lowest BCUT2D eigenvalue weighted by Gasteiger charge is -2.20. The number of methoxy groups -OCH3 is 1. The second kappa shape index (κ2) is 9.13. The second-order valence-corrected chi connectivity index (χ2v) is 9.71. The van der Waals surface area contributed by atoms with Crippen molar-refractivity contribution < 1.29 is 17.9 Å². The van der Waals surface area contributed by atoms with Crippen LogP contribution in [0, 0.1) is 0 Å². The summed E-state index contributed by atoms with van der Waals surface area (Å²) in [6.07, 6.45) is 0. The van der Waals surface area contributed by atoms with Gasteiger partial charge in [0.15, 0.2) is 9.84 Å². The Hall–Kier alpha value is -3.12. The largest absolute Gasteiger partial charge is 0.497 e. The van der Waals surface area contributed by atoms with Gasteiger partial charge in [0, 0.05) is 5.56 Å². The third kappa shape index (κ3) is 4.71. The standard InChI is InChI=1S/C24H25NO4S/c1-17(2)30(27,28)22-15-11-20(12-16-22)24(26)25-23(18-7-5-4-6-8-18)19-9-13-21(29-3)14-10-19/h4-17,23H,1-3H3,(H,25,26). The molecular weight excluding hydrogens is 398 g/mol. The van der Waals surface area contributed by atoms with Crippen LogP contribution in [0.25, 0.3) is 0 Å². The zero-order valence-electron chi connectivity index (χ0n) is 17.2. The highest BCUT2D eigenvalue weighted by atomic mass is 32.2. The molecule has 30 heavy (non-hydrogen) atoms. The molecule has 3 aromatic carbocycles. The van der Waals surface area contributed by atoms with Crippen molar-refractivity contribution in [3.63, 3.8) is 0 Å². The Morgan fingerprint density at radius 1 is 0.833 bits per heavy atom. The van der Waals surface area contributed by atoms with Gasteiger partial charge in [-0.15, -0.1) is 0 Å². The Kier molecular flexibility index (Phi) is 6.57.